The lowest BCUT2D eigenvalue weighted by atomic mass is 10.2. The van der Waals surface area contributed by atoms with Crippen LogP contribution in [0, 0.1) is 0 Å². The predicted octanol–water partition coefficient (Wildman–Crippen LogP) is -0.877. The molecule has 18 heavy (non-hydrogen) atoms. The number of anilines is 1. The van der Waals surface area contributed by atoms with E-state index < -0.39 is 5.69 Å². The van der Waals surface area contributed by atoms with Gasteiger partial charge in [0.05, 0.1) is 18.9 Å². The molecule has 9 heteroatoms. The summed E-state index contributed by atoms with van der Waals surface area (Å²) in [4.78, 5) is 18.0. The molecule has 1 saturated heterocycles. The third-order valence-corrected chi connectivity index (χ3v) is 3.80. The molecule has 0 spiro atoms. The Labute approximate surface area is 105 Å². The molecule has 1 aliphatic rings. The Morgan fingerprint density at radius 2 is 2.56 bits per heavy atom. The number of nitrogens with zero attached hydrogens (tertiary/aromatic N) is 3. The van der Waals surface area contributed by atoms with Crippen LogP contribution in [0.25, 0.3) is 5.65 Å². The highest BCUT2D eigenvalue weighted by Gasteiger charge is 2.29. The molecule has 2 atom stereocenters. The number of aromatic amines is 1. The Bertz CT molecular complexity index is 639. The number of hydrogen-bond acceptors (Lipinski definition) is 7. The van der Waals surface area contributed by atoms with E-state index in [4.69, 9.17) is 15.6 Å². The molecule has 0 aromatic carbocycles. The number of thioether (sulfide) groups is 1. The summed E-state index contributed by atoms with van der Waals surface area (Å²) in [5, 5.41) is 13.0. The summed E-state index contributed by atoms with van der Waals surface area (Å²) >= 11 is 1.51. The molecule has 0 radical (unpaired) electrons. The van der Waals surface area contributed by atoms with Crippen LogP contribution in [0.3, 0.4) is 0 Å². The molecule has 3 heterocycles. The van der Waals surface area contributed by atoms with Crippen molar-refractivity contribution in [2.75, 3.05) is 18.1 Å². The van der Waals surface area contributed by atoms with Crippen molar-refractivity contribution < 1.29 is 9.84 Å². The minimum atomic E-state index is -0.437. The smallest absolute Gasteiger partial charge is 0.350 e. The van der Waals surface area contributed by atoms with Crippen LogP contribution in [-0.2, 0) is 4.74 Å². The summed E-state index contributed by atoms with van der Waals surface area (Å²) in [7, 11) is 0. The zero-order chi connectivity index (χ0) is 12.7. The lowest BCUT2D eigenvalue weighted by Gasteiger charge is -2.08. The lowest BCUT2D eigenvalue weighted by Crippen LogP contribution is -2.20. The van der Waals surface area contributed by atoms with E-state index >= 15 is 0 Å². The second-order valence-corrected chi connectivity index (χ2v) is 5.03. The number of nitrogens with one attached hydrogen (secondary N) is 1. The number of aromatic nitrogens is 4. The third-order valence-electron chi connectivity index (χ3n) is 2.67. The number of aliphatic hydroxyl groups is 1. The van der Waals surface area contributed by atoms with Crippen LogP contribution in [0.2, 0.25) is 0 Å². The van der Waals surface area contributed by atoms with Gasteiger partial charge in [0.2, 0.25) is 5.95 Å². The monoisotopic (exact) mass is 269 g/mol. The fourth-order valence-electron chi connectivity index (χ4n) is 1.86. The molecule has 1 fully saturated rings. The molecular formula is C9H11N5O3S. The van der Waals surface area contributed by atoms with Crippen molar-refractivity contribution in [3.05, 3.63) is 22.2 Å². The normalized spacial score (nSPS) is 23.8. The molecule has 0 amide bonds. The predicted molar refractivity (Wildman–Crippen MR) is 65.2 cm³/mol. The van der Waals surface area contributed by atoms with Crippen LogP contribution in [0.15, 0.2) is 11.0 Å². The first kappa shape index (κ1) is 11.5. The molecule has 3 rings (SSSR count). The second-order valence-electron chi connectivity index (χ2n) is 3.83. The minimum Gasteiger partial charge on any atom is -0.393 e. The Morgan fingerprint density at radius 1 is 1.72 bits per heavy atom. The SMILES string of the molecule is Nc1nc2c([C@@H]3CS[C@H](CO)O3)cnn2c(=O)[nH]1. The van der Waals surface area contributed by atoms with Crippen molar-refractivity contribution in [1.82, 2.24) is 19.6 Å². The van der Waals surface area contributed by atoms with E-state index in [0.29, 0.717) is 17.0 Å². The van der Waals surface area contributed by atoms with E-state index in [1.165, 1.54) is 11.8 Å². The van der Waals surface area contributed by atoms with E-state index in [1.54, 1.807) is 6.20 Å². The van der Waals surface area contributed by atoms with Crippen molar-refractivity contribution >= 4 is 23.4 Å². The highest BCUT2D eigenvalue weighted by molar-refractivity contribution is 8.00. The van der Waals surface area contributed by atoms with Gasteiger partial charge in [-0.1, -0.05) is 0 Å². The van der Waals surface area contributed by atoms with Gasteiger partial charge in [0, 0.05) is 11.3 Å². The summed E-state index contributed by atoms with van der Waals surface area (Å²) in [6.45, 7) is -0.0451. The van der Waals surface area contributed by atoms with Gasteiger partial charge in [0.25, 0.3) is 0 Å². The van der Waals surface area contributed by atoms with Crippen LogP contribution in [0.4, 0.5) is 5.95 Å². The van der Waals surface area contributed by atoms with Gasteiger partial charge in [-0.25, -0.2) is 4.79 Å². The van der Waals surface area contributed by atoms with Gasteiger partial charge in [-0.15, -0.1) is 11.8 Å². The highest BCUT2D eigenvalue weighted by atomic mass is 32.2. The lowest BCUT2D eigenvalue weighted by molar-refractivity contribution is 0.0350. The first-order valence-electron chi connectivity index (χ1n) is 5.30. The standard InChI is InChI=1S/C9H11N5O3S/c10-8-12-7-4(1-11-14(7)9(16)13-8)5-3-18-6(2-15)17-5/h1,5-6,15H,2-3H2,(H3,10,12,13,16)/t5-,6+/m0/s1. The molecular weight excluding hydrogens is 258 g/mol. The minimum absolute atomic E-state index is 0.0404. The summed E-state index contributed by atoms with van der Waals surface area (Å²) in [6, 6.07) is 0. The van der Waals surface area contributed by atoms with Crippen molar-refractivity contribution in [3.63, 3.8) is 0 Å². The first-order chi connectivity index (χ1) is 8.69. The van der Waals surface area contributed by atoms with Gasteiger partial charge in [0.1, 0.15) is 5.44 Å². The van der Waals surface area contributed by atoms with Gasteiger partial charge in [-0.3, -0.25) is 4.98 Å². The van der Waals surface area contributed by atoms with Crippen molar-refractivity contribution in [3.8, 4) is 0 Å². The van der Waals surface area contributed by atoms with E-state index in [-0.39, 0.29) is 24.1 Å². The molecule has 96 valence electrons. The molecule has 1 aliphatic heterocycles. The largest absolute Gasteiger partial charge is 0.393 e. The van der Waals surface area contributed by atoms with Gasteiger partial charge in [0.15, 0.2) is 5.65 Å². The Balaban J connectivity index is 2.05. The zero-order valence-electron chi connectivity index (χ0n) is 9.24. The molecule has 2 aromatic heterocycles. The second kappa shape index (κ2) is 4.26. The van der Waals surface area contributed by atoms with E-state index in [2.05, 4.69) is 15.1 Å². The van der Waals surface area contributed by atoms with Crippen LogP contribution in [0.1, 0.15) is 11.7 Å². The number of hydrogen-bond donors (Lipinski definition) is 3. The van der Waals surface area contributed by atoms with Gasteiger partial charge < -0.3 is 15.6 Å². The maximum Gasteiger partial charge on any atom is 0.350 e. The fraction of sp³-hybridized carbons (Fsp3) is 0.444. The first-order valence-corrected chi connectivity index (χ1v) is 6.35. The number of ether oxygens (including phenoxy) is 1. The number of nitrogens with two attached hydrogens (primary N) is 1. The molecule has 8 nitrogen and oxygen atoms in total. The molecule has 2 aromatic rings. The molecule has 4 N–H and O–H groups in total. The van der Waals surface area contributed by atoms with Gasteiger partial charge in [-0.2, -0.15) is 14.6 Å². The summed E-state index contributed by atoms with van der Waals surface area (Å²) < 4.78 is 6.75. The van der Waals surface area contributed by atoms with E-state index in [1.807, 2.05) is 0 Å². The van der Waals surface area contributed by atoms with Crippen LogP contribution in [-0.4, -0.2) is 42.5 Å². The Morgan fingerprint density at radius 3 is 3.28 bits per heavy atom. The summed E-state index contributed by atoms with van der Waals surface area (Å²) in [5.41, 5.74) is 5.92. The molecule has 0 bridgehead atoms. The number of H-pyrrole nitrogens is 1. The Hall–Kier alpha value is -1.58. The molecule has 0 saturated carbocycles. The number of fused-ring (bicyclic) bond motifs is 1. The summed E-state index contributed by atoms with van der Waals surface area (Å²) in [5.74, 6) is 0.722. The van der Waals surface area contributed by atoms with E-state index in [9.17, 15) is 4.79 Å². The fourth-order valence-corrected chi connectivity index (χ4v) is 2.83. The van der Waals surface area contributed by atoms with Crippen LogP contribution in [0.5, 0.6) is 0 Å². The quantitative estimate of drug-likeness (QED) is 0.648. The van der Waals surface area contributed by atoms with Crippen LogP contribution >= 0.6 is 11.8 Å². The topological polar surface area (TPSA) is 119 Å². The van der Waals surface area contributed by atoms with Crippen molar-refractivity contribution in [2.45, 2.75) is 11.5 Å². The number of aliphatic hydroxyl groups excluding tert-OH is 1. The number of rotatable bonds is 2. The maximum atomic E-state index is 11.6. The van der Waals surface area contributed by atoms with Gasteiger partial charge >= 0.3 is 5.69 Å². The highest BCUT2D eigenvalue weighted by Crippen LogP contribution is 2.35. The average Bonchev–Trinajstić information content (AvgIpc) is 2.93. The third kappa shape index (κ3) is 1.76. The maximum absolute atomic E-state index is 11.6. The Kier molecular flexibility index (Phi) is 2.73. The molecule has 0 aliphatic carbocycles. The van der Waals surface area contributed by atoms with E-state index in [0.717, 1.165) is 4.52 Å². The average molecular weight is 269 g/mol. The van der Waals surface area contributed by atoms with Crippen LogP contribution < -0.4 is 11.4 Å². The van der Waals surface area contributed by atoms with Crippen molar-refractivity contribution in [2.24, 2.45) is 0 Å². The number of nitrogen functional groups attached to an aromatic ring is 1. The van der Waals surface area contributed by atoms with Crippen molar-refractivity contribution in [1.29, 1.82) is 0 Å². The zero-order valence-corrected chi connectivity index (χ0v) is 10.1. The molecule has 0 unspecified atom stereocenters. The van der Waals surface area contributed by atoms with Gasteiger partial charge in [-0.05, 0) is 0 Å². The summed E-state index contributed by atoms with van der Waals surface area (Å²) in [6.07, 6.45) is 1.31.